The van der Waals surface area contributed by atoms with Crippen molar-refractivity contribution in [2.24, 2.45) is 29.1 Å². The van der Waals surface area contributed by atoms with E-state index in [0.29, 0.717) is 38.5 Å². The van der Waals surface area contributed by atoms with E-state index in [1.807, 2.05) is 0 Å². The number of aliphatic carboxylic acids is 2. The zero-order valence-corrected chi connectivity index (χ0v) is 41.7. The van der Waals surface area contributed by atoms with Gasteiger partial charge in [-0.05, 0) is 106 Å². The second-order valence-corrected chi connectivity index (χ2v) is 22.3. The molecule has 2 heterocycles. The minimum Gasteiger partial charge on any atom is -0.481 e. The van der Waals surface area contributed by atoms with Gasteiger partial charge in [-0.15, -0.1) is 0 Å². The number of nitrogens with one attached hydrogen (secondary N) is 2. The molecule has 2 aliphatic heterocycles. The third-order valence-corrected chi connectivity index (χ3v) is 14.0. The van der Waals surface area contributed by atoms with Crippen molar-refractivity contribution in [1.29, 1.82) is 0 Å². The Bertz CT molecular complexity index is 1260. The highest BCUT2D eigenvalue weighted by Gasteiger charge is 2.67. The summed E-state index contributed by atoms with van der Waals surface area (Å²) in [5, 5.41) is 29.9. The number of ether oxygens (including phenoxy) is 2. The van der Waals surface area contributed by atoms with Crippen molar-refractivity contribution in [2.75, 3.05) is 13.2 Å². The molecule has 2 atom stereocenters. The van der Waals surface area contributed by atoms with E-state index in [4.69, 9.17) is 9.47 Å². The van der Waals surface area contributed by atoms with Crippen molar-refractivity contribution in [2.45, 2.75) is 265 Å². The van der Waals surface area contributed by atoms with Crippen molar-refractivity contribution >= 4 is 23.9 Å². The minimum absolute atomic E-state index is 0.137. The first-order valence-electron chi connectivity index (χ1n) is 25.5. The minimum atomic E-state index is -1.75. The summed E-state index contributed by atoms with van der Waals surface area (Å²) in [6.07, 6.45) is 26.3. The van der Waals surface area contributed by atoms with Crippen LogP contribution in [0.15, 0.2) is 0 Å². The van der Waals surface area contributed by atoms with Crippen LogP contribution in [0.5, 0.6) is 0 Å². The number of hydrogen-bond donors (Lipinski definition) is 4. The van der Waals surface area contributed by atoms with Crippen LogP contribution in [-0.2, 0) is 28.7 Å². The predicted octanol–water partition coefficient (Wildman–Crippen LogP) is 12.6. The number of hydrogen-bond acceptors (Lipinski definition) is 8. The number of rotatable bonds is 33. The molecule has 0 bridgehead atoms. The van der Waals surface area contributed by atoms with E-state index >= 15 is 4.79 Å². The van der Waals surface area contributed by atoms with Crippen LogP contribution in [-0.4, -0.2) is 69.5 Å². The topological polar surface area (TPSA) is 151 Å². The van der Waals surface area contributed by atoms with Crippen molar-refractivity contribution < 1.29 is 38.9 Å². The fourth-order valence-electron chi connectivity index (χ4n) is 11.9. The Hall–Kier alpha value is -2.20. The molecular weight excluding hydrogens is 781 g/mol. The van der Waals surface area contributed by atoms with Crippen LogP contribution in [0.4, 0.5) is 0 Å². The first kappa shape index (κ1) is 55.9. The summed E-state index contributed by atoms with van der Waals surface area (Å²) < 4.78 is 12.0. The average molecular weight is 877 g/mol. The van der Waals surface area contributed by atoms with Gasteiger partial charge in [0.25, 0.3) is 0 Å². The number of carbonyl (C=O) groups is 4. The standard InChI is InChI=1S/C52H96N2O8/c1-11-13-15-17-19-21-23-25-27-29-31-33-61-43(55)35-42(45(56)57)44(46(58)59)52(40-36-48(3,4)53-49(5,6)37-40,41-38-50(7,8)54-51(9,10)39-41)47(60)62-34-32-30-28-26-24-22-20-18-16-14-12-2/h40-42,44,53-54H,11-39H2,1-10H3,(H,56,57)(H,58,59). The number of carboxylic acids is 2. The van der Waals surface area contributed by atoms with Crippen LogP contribution in [0, 0.1) is 29.1 Å². The molecule has 2 unspecified atom stereocenters. The van der Waals surface area contributed by atoms with Gasteiger partial charge in [0.15, 0.2) is 0 Å². The molecular formula is C52H96N2O8. The van der Waals surface area contributed by atoms with E-state index in [1.54, 1.807) is 0 Å². The molecule has 4 N–H and O–H groups in total. The SMILES string of the molecule is CCCCCCCCCCCCCOC(=O)CC(C(=O)O)C(C(=O)O)C(C(=O)OCCCCCCCCCCCCC)(C1CC(C)(C)NC(C)(C)C1)C1CC(C)(C)NC(C)(C)C1. The number of carboxylic acid groups (broad SMARTS) is 2. The van der Waals surface area contributed by atoms with Gasteiger partial charge in [-0.1, -0.05) is 142 Å². The van der Waals surface area contributed by atoms with Gasteiger partial charge in [-0.25, -0.2) is 0 Å². The second kappa shape index (κ2) is 27.3. The smallest absolute Gasteiger partial charge is 0.313 e. The Balaban J connectivity index is 2.41. The van der Waals surface area contributed by atoms with E-state index in [-0.39, 0.29) is 13.2 Å². The number of carbonyl (C=O) groups excluding carboxylic acids is 2. The molecule has 10 heteroatoms. The van der Waals surface area contributed by atoms with Gasteiger partial charge in [-0.3, -0.25) is 19.2 Å². The molecule has 2 saturated heterocycles. The number of unbranched alkanes of at least 4 members (excludes halogenated alkanes) is 20. The van der Waals surface area contributed by atoms with Crippen LogP contribution in [0.1, 0.15) is 243 Å². The summed E-state index contributed by atoms with van der Waals surface area (Å²) in [4.78, 5) is 56.7. The van der Waals surface area contributed by atoms with E-state index in [1.165, 1.54) is 89.9 Å². The molecule has 0 amide bonds. The van der Waals surface area contributed by atoms with E-state index in [0.717, 1.165) is 38.5 Å². The van der Waals surface area contributed by atoms with Gasteiger partial charge in [0.05, 0.1) is 36.9 Å². The highest BCUT2D eigenvalue weighted by molar-refractivity contribution is 5.91. The lowest BCUT2D eigenvalue weighted by Crippen LogP contribution is -2.68. The summed E-state index contributed by atoms with van der Waals surface area (Å²) in [6.45, 7) is 21.3. The fourth-order valence-corrected chi connectivity index (χ4v) is 11.9. The van der Waals surface area contributed by atoms with Crippen LogP contribution < -0.4 is 10.6 Å². The Kier molecular flexibility index (Phi) is 24.6. The first-order chi connectivity index (χ1) is 29.1. The molecule has 0 radical (unpaired) electrons. The molecule has 362 valence electrons. The number of piperidine rings is 2. The van der Waals surface area contributed by atoms with Gasteiger partial charge in [0.1, 0.15) is 0 Å². The maximum Gasteiger partial charge on any atom is 0.313 e. The van der Waals surface area contributed by atoms with Crippen LogP contribution >= 0.6 is 0 Å². The lowest BCUT2D eigenvalue weighted by molar-refractivity contribution is -0.196. The highest BCUT2D eigenvalue weighted by atomic mass is 16.5. The van der Waals surface area contributed by atoms with E-state index in [2.05, 4.69) is 79.9 Å². The quantitative estimate of drug-likeness (QED) is 0.0370. The normalized spacial score (nSPS) is 19.7. The molecule has 0 spiro atoms. The third-order valence-electron chi connectivity index (χ3n) is 14.0. The van der Waals surface area contributed by atoms with Crippen LogP contribution in [0.25, 0.3) is 0 Å². The van der Waals surface area contributed by atoms with E-state index in [9.17, 15) is 24.6 Å². The lowest BCUT2D eigenvalue weighted by Gasteiger charge is -2.59. The van der Waals surface area contributed by atoms with Crippen LogP contribution in [0.3, 0.4) is 0 Å². The average Bonchev–Trinajstić information content (AvgIpc) is 3.14. The Morgan fingerprint density at radius 2 is 0.806 bits per heavy atom. The molecule has 0 aliphatic carbocycles. The maximum absolute atomic E-state index is 15.5. The molecule has 0 aromatic carbocycles. The predicted molar refractivity (Wildman–Crippen MR) is 252 cm³/mol. The van der Waals surface area contributed by atoms with Gasteiger partial charge in [0, 0.05) is 22.2 Å². The Labute approximate surface area is 379 Å². The summed E-state index contributed by atoms with van der Waals surface area (Å²) in [5.41, 5.74) is -3.75. The van der Waals surface area contributed by atoms with Gasteiger partial charge < -0.3 is 30.3 Å². The first-order valence-corrected chi connectivity index (χ1v) is 25.5. The van der Waals surface area contributed by atoms with Gasteiger partial charge in [0.2, 0.25) is 0 Å². The summed E-state index contributed by atoms with van der Waals surface area (Å²) in [7, 11) is 0. The molecule has 2 aliphatic rings. The van der Waals surface area contributed by atoms with Crippen molar-refractivity contribution in [3.05, 3.63) is 0 Å². The fraction of sp³-hybridized carbons (Fsp3) is 0.923. The molecule has 10 nitrogen and oxygen atoms in total. The largest absolute Gasteiger partial charge is 0.481 e. The maximum atomic E-state index is 15.5. The Morgan fingerprint density at radius 1 is 0.500 bits per heavy atom. The lowest BCUT2D eigenvalue weighted by atomic mass is 9.48. The molecule has 2 fully saturated rings. The summed E-state index contributed by atoms with van der Waals surface area (Å²) in [5.74, 6) is -8.70. The van der Waals surface area contributed by atoms with Crippen molar-refractivity contribution in [3.8, 4) is 0 Å². The zero-order valence-electron chi connectivity index (χ0n) is 41.7. The van der Waals surface area contributed by atoms with Gasteiger partial charge in [-0.2, -0.15) is 0 Å². The van der Waals surface area contributed by atoms with Crippen molar-refractivity contribution in [3.63, 3.8) is 0 Å². The van der Waals surface area contributed by atoms with Crippen LogP contribution in [0.2, 0.25) is 0 Å². The molecule has 62 heavy (non-hydrogen) atoms. The second-order valence-electron chi connectivity index (χ2n) is 22.3. The molecule has 0 aromatic rings. The monoisotopic (exact) mass is 877 g/mol. The zero-order chi connectivity index (χ0) is 46.5. The third kappa shape index (κ3) is 19.5. The van der Waals surface area contributed by atoms with E-state index < -0.39 is 81.5 Å². The molecule has 0 aromatic heterocycles. The molecule has 0 saturated carbocycles. The van der Waals surface area contributed by atoms with Gasteiger partial charge >= 0.3 is 23.9 Å². The summed E-state index contributed by atoms with van der Waals surface area (Å²) in [6, 6.07) is 0. The molecule has 2 rings (SSSR count). The number of esters is 2. The van der Waals surface area contributed by atoms with Crippen molar-refractivity contribution in [1.82, 2.24) is 10.6 Å². The summed E-state index contributed by atoms with van der Waals surface area (Å²) >= 11 is 0. The highest BCUT2D eigenvalue weighted by Crippen LogP contribution is 2.59. The Morgan fingerprint density at radius 3 is 1.11 bits per heavy atom.